The first-order valence-corrected chi connectivity index (χ1v) is 7.23. The molecule has 0 radical (unpaired) electrons. The van der Waals surface area contributed by atoms with Crippen LogP contribution >= 0.6 is 11.3 Å². The van der Waals surface area contributed by atoms with Gasteiger partial charge in [0.2, 0.25) is 0 Å². The van der Waals surface area contributed by atoms with Crippen molar-refractivity contribution in [3.8, 4) is 10.4 Å². The van der Waals surface area contributed by atoms with Crippen molar-refractivity contribution in [3.63, 3.8) is 0 Å². The monoisotopic (exact) mass is 297 g/mol. The number of fused-ring (bicyclic) bond motifs is 1. The third-order valence-electron chi connectivity index (χ3n) is 3.33. The summed E-state index contributed by atoms with van der Waals surface area (Å²) in [5.41, 5.74) is 1.99. The van der Waals surface area contributed by atoms with Crippen molar-refractivity contribution in [2.75, 3.05) is 0 Å². The minimum Gasteiger partial charge on any atom is -0.278 e. The maximum atomic E-state index is 11.5. The summed E-state index contributed by atoms with van der Waals surface area (Å²) in [6, 6.07) is 10.3. The van der Waals surface area contributed by atoms with E-state index in [1.807, 2.05) is 18.3 Å². The van der Waals surface area contributed by atoms with Gasteiger partial charge >= 0.3 is 5.69 Å². The second kappa shape index (κ2) is 4.71. The fourth-order valence-electron chi connectivity index (χ4n) is 2.26. The lowest BCUT2D eigenvalue weighted by molar-refractivity contribution is 0.772. The molecular weight excluding hydrogens is 286 g/mol. The van der Waals surface area contributed by atoms with E-state index in [1.54, 1.807) is 15.9 Å². The highest BCUT2D eigenvalue weighted by atomic mass is 32.1. The van der Waals surface area contributed by atoms with Crippen LogP contribution in [0.25, 0.3) is 21.3 Å². The largest absolute Gasteiger partial charge is 0.343 e. The van der Waals surface area contributed by atoms with Gasteiger partial charge in [0.1, 0.15) is 6.33 Å². The molecule has 0 atom stereocenters. The molecule has 0 fully saturated rings. The first-order valence-electron chi connectivity index (χ1n) is 6.41. The molecule has 0 saturated heterocycles. The Kier molecular flexibility index (Phi) is 2.71. The quantitative estimate of drug-likeness (QED) is 0.608. The Morgan fingerprint density at radius 1 is 1.14 bits per heavy atom. The molecule has 7 heteroatoms. The highest BCUT2D eigenvalue weighted by molar-refractivity contribution is 7.15. The highest BCUT2D eigenvalue weighted by Crippen LogP contribution is 2.30. The highest BCUT2D eigenvalue weighted by Gasteiger charge is 2.06. The number of nitrogens with zero attached hydrogens (tertiary/aromatic N) is 3. The van der Waals surface area contributed by atoms with Crippen LogP contribution in [-0.2, 0) is 6.54 Å². The van der Waals surface area contributed by atoms with Gasteiger partial charge in [-0.05, 0) is 29.8 Å². The van der Waals surface area contributed by atoms with Gasteiger partial charge in [-0.25, -0.2) is 9.89 Å². The van der Waals surface area contributed by atoms with Crippen LogP contribution in [0.2, 0.25) is 0 Å². The minimum atomic E-state index is -0.190. The maximum absolute atomic E-state index is 11.5. The van der Waals surface area contributed by atoms with Gasteiger partial charge in [-0.1, -0.05) is 6.07 Å². The van der Waals surface area contributed by atoms with Crippen LogP contribution in [0, 0.1) is 0 Å². The predicted molar refractivity (Wildman–Crippen MR) is 81.4 cm³/mol. The molecule has 2 N–H and O–H groups in total. The van der Waals surface area contributed by atoms with E-state index in [4.69, 9.17) is 0 Å². The van der Waals surface area contributed by atoms with E-state index in [-0.39, 0.29) is 5.69 Å². The van der Waals surface area contributed by atoms with Crippen LogP contribution in [-0.4, -0.2) is 25.0 Å². The van der Waals surface area contributed by atoms with E-state index < -0.39 is 0 Å². The van der Waals surface area contributed by atoms with E-state index in [1.165, 1.54) is 11.2 Å². The molecule has 0 spiro atoms. The fraction of sp³-hybridized carbons (Fsp3) is 0.0714. The molecule has 0 amide bonds. The Labute approximate surface area is 123 Å². The smallest absolute Gasteiger partial charge is 0.278 e. The Morgan fingerprint density at radius 2 is 2.10 bits per heavy atom. The first kappa shape index (κ1) is 12.1. The zero-order valence-corrected chi connectivity index (χ0v) is 11.7. The van der Waals surface area contributed by atoms with E-state index in [0.29, 0.717) is 6.54 Å². The Bertz CT molecular complexity index is 961. The van der Waals surface area contributed by atoms with Crippen molar-refractivity contribution in [1.29, 1.82) is 0 Å². The summed E-state index contributed by atoms with van der Waals surface area (Å²) in [6.45, 7) is 0.536. The lowest BCUT2D eigenvalue weighted by Crippen LogP contribution is -2.16. The normalized spacial score (nSPS) is 11.2. The molecule has 0 aliphatic carbocycles. The van der Waals surface area contributed by atoms with Crippen molar-refractivity contribution in [1.82, 2.24) is 25.0 Å². The van der Waals surface area contributed by atoms with Crippen LogP contribution in [0.4, 0.5) is 0 Å². The molecule has 0 unspecified atom stereocenters. The average Bonchev–Trinajstić information content (AvgIpc) is 3.20. The van der Waals surface area contributed by atoms with Crippen LogP contribution < -0.4 is 5.69 Å². The number of H-pyrrole nitrogens is 2. The average molecular weight is 297 g/mol. The first-order chi connectivity index (χ1) is 10.3. The van der Waals surface area contributed by atoms with E-state index in [0.717, 1.165) is 21.3 Å². The molecular formula is C14H11N5OS. The molecule has 0 aliphatic heterocycles. The Hall–Kier alpha value is -2.67. The standard InChI is InChI=1S/C14H11N5OS/c20-14-18-16-8-19(14)7-11-2-4-13(21-11)9-1-3-12-10(5-9)6-15-17-12/h1-6,8H,7H2,(H,15,17)(H,18,20). The fourth-order valence-corrected chi connectivity index (χ4v) is 3.27. The summed E-state index contributed by atoms with van der Waals surface area (Å²) in [7, 11) is 0. The molecule has 104 valence electrons. The van der Waals surface area contributed by atoms with Crippen LogP contribution in [0.15, 0.2) is 47.7 Å². The number of benzene rings is 1. The van der Waals surface area contributed by atoms with Crippen molar-refractivity contribution in [3.05, 3.63) is 58.2 Å². The molecule has 4 aromatic rings. The van der Waals surface area contributed by atoms with Gasteiger partial charge < -0.3 is 0 Å². The van der Waals surface area contributed by atoms with E-state index >= 15 is 0 Å². The van der Waals surface area contributed by atoms with Gasteiger partial charge in [-0.2, -0.15) is 10.2 Å². The topological polar surface area (TPSA) is 79.4 Å². The number of nitrogens with one attached hydrogen (secondary N) is 2. The van der Waals surface area contributed by atoms with Crippen LogP contribution in [0.5, 0.6) is 0 Å². The summed E-state index contributed by atoms with van der Waals surface area (Å²) >= 11 is 1.67. The van der Waals surface area contributed by atoms with Gasteiger partial charge in [0.25, 0.3) is 0 Å². The van der Waals surface area contributed by atoms with Gasteiger partial charge in [-0.15, -0.1) is 11.3 Å². The summed E-state index contributed by atoms with van der Waals surface area (Å²) in [4.78, 5) is 13.7. The number of hydrogen-bond donors (Lipinski definition) is 2. The van der Waals surface area contributed by atoms with Crippen molar-refractivity contribution in [2.24, 2.45) is 0 Å². The van der Waals surface area contributed by atoms with Crippen LogP contribution in [0.1, 0.15) is 4.88 Å². The number of rotatable bonds is 3. The molecule has 0 saturated carbocycles. The lowest BCUT2D eigenvalue weighted by Gasteiger charge is -1.98. The molecule has 6 nitrogen and oxygen atoms in total. The summed E-state index contributed by atoms with van der Waals surface area (Å²) in [5.74, 6) is 0. The van der Waals surface area contributed by atoms with Crippen molar-refractivity contribution >= 4 is 22.2 Å². The zero-order valence-electron chi connectivity index (χ0n) is 10.9. The van der Waals surface area contributed by atoms with E-state index in [2.05, 4.69) is 38.6 Å². The van der Waals surface area contributed by atoms with Crippen molar-refractivity contribution in [2.45, 2.75) is 6.54 Å². The third kappa shape index (κ3) is 2.17. The van der Waals surface area contributed by atoms with Gasteiger partial charge in [-0.3, -0.25) is 9.67 Å². The summed E-state index contributed by atoms with van der Waals surface area (Å²) < 4.78 is 1.55. The molecule has 4 rings (SSSR count). The summed E-state index contributed by atoms with van der Waals surface area (Å²) in [6.07, 6.45) is 3.33. The Balaban J connectivity index is 1.67. The zero-order chi connectivity index (χ0) is 14.2. The Morgan fingerprint density at radius 3 is 2.95 bits per heavy atom. The summed E-state index contributed by atoms with van der Waals surface area (Å²) in [5, 5.41) is 14.2. The molecule has 0 aliphatic rings. The number of aromatic nitrogens is 5. The van der Waals surface area contributed by atoms with Crippen LogP contribution in [0.3, 0.4) is 0 Å². The molecule has 21 heavy (non-hydrogen) atoms. The molecule has 1 aromatic carbocycles. The second-order valence-corrected chi connectivity index (χ2v) is 5.90. The predicted octanol–water partition coefficient (Wildman–Crippen LogP) is 2.22. The van der Waals surface area contributed by atoms with Gasteiger partial charge in [0.05, 0.1) is 18.3 Å². The molecule has 0 bridgehead atoms. The number of thiophene rings is 1. The molecule has 3 heterocycles. The number of hydrogen-bond acceptors (Lipinski definition) is 4. The minimum absolute atomic E-state index is 0.190. The third-order valence-corrected chi connectivity index (χ3v) is 4.45. The van der Waals surface area contributed by atoms with Gasteiger partial charge in [0, 0.05) is 15.1 Å². The lowest BCUT2D eigenvalue weighted by atomic mass is 10.1. The SMILES string of the molecule is O=c1[nH]ncn1Cc1ccc(-c2ccc3[nH]ncc3c2)s1. The maximum Gasteiger partial charge on any atom is 0.343 e. The number of aromatic amines is 2. The molecule has 3 aromatic heterocycles. The second-order valence-electron chi connectivity index (χ2n) is 4.73. The van der Waals surface area contributed by atoms with Gasteiger partial charge in [0.15, 0.2) is 0 Å². The van der Waals surface area contributed by atoms with Crippen molar-refractivity contribution < 1.29 is 0 Å². The van der Waals surface area contributed by atoms with E-state index in [9.17, 15) is 4.79 Å².